The molecule has 0 saturated carbocycles. The minimum absolute atomic E-state index is 0.00944. The standard InChI is InChI=1S/C33H35N3O4/c1-20(2)40-27-15-14-23(16-28(27)39-5)25-18-36-29(37)19-35(17-22-12-10-21(3)11-13-22)32(38)33(36,4)31-30(25)24-8-6-7-9-26(24)34-31/h6-16,20,25,34H,17-19H2,1-5H3/t25-,33-/m0/s1. The summed E-state index contributed by atoms with van der Waals surface area (Å²) in [6.45, 7) is 8.72. The molecular formula is C33H35N3O4. The molecule has 1 aromatic heterocycles. The quantitative estimate of drug-likeness (QED) is 0.352. The van der Waals surface area contributed by atoms with Crippen molar-refractivity contribution in [2.75, 3.05) is 20.2 Å². The lowest BCUT2D eigenvalue weighted by Crippen LogP contribution is -2.67. The van der Waals surface area contributed by atoms with Gasteiger partial charge in [0.25, 0.3) is 5.91 Å². The summed E-state index contributed by atoms with van der Waals surface area (Å²) in [4.78, 5) is 35.1. The van der Waals surface area contributed by atoms with Crippen molar-refractivity contribution in [3.8, 4) is 11.5 Å². The van der Waals surface area contributed by atoms with Crippen molar-refractivity contribution < 1.29 is 19.1 Å². The second-order valence-corrected chi connectivity index (χ2v) is 11.3. The van der Waals surface area contributed by atoms with Gasteiger partial charge < -0.3 is 24.3 Å². The molecule has 7 nitrogen and oxygen atoms in total. The molecule has 4 aromatic rings. The Morgan fingerprint density at radius 1 is 1.02 bits per heavy atom. The largest absolute Gasteiger partial charge is 0.493 e. The maximum absolute atomic E-state index is 14.3. The number of carbonyl (C=O) groups excluding carboxylic acids is 2. The highest BCUT2D eigenvalue weighted by Crippen LogP contribution is 2.49. The molecule has 0 aliphatic carbocycles. The fraction of sp³-hybridized carbons (Fsp3) is 0.333. The summed E-state index contributed by atoms with van der Waals surface area (Å²) < 4.78 is 11.7. The van der Waals surface area contributed by atoms with Gasteiger partial charge >= 0.3 is 0 Å². The zero-order valence-electron chi connectivity index (χ0n) is 23.7. The summed E-state index contributed by atoms with van der Waals surface area (Å²) >= 11 is 0. The number of H-pyrrole nitrogens is 1. The smallest absolute Gasteiger partial charge is 0.255 e. The van der Waals surface area contributed by atoms with Crippen molar-refractivity contribution in [1.29, 1.82) is 0 Å². The molecule has 2 atom stereocenters. The molecular weight excluding hydrogens is 502 g/mol. The SMILES string of the molecule is COc1cc([C@@H]2CN3C(=O)CN(Cc4ccc(C)cc4)C(=O)[C@]3(C)c3[nH]c4ccccc4c32)ccc1OC(C)C. The van der Waals surface area contributed by atoms with Crippen LogP contribution in [-0.2, 0) is 21.7 Å². The van der Waals surface area contributed by atoms with E-state index < -0.39 is 5.54 Å². The van der Waals surface area contributed by atoms with E-state index in [0.29, 0.717) is 24.6 Å². The molecule has 0 unspecified atom stereocenters. The van der Waals surface area contributed by atoms with E-state index in [9.17, 15) is 9.59 Å². The number of hydrogen-bond donors (Lipinski definition) is 1. The fourth-order valence-electron chi connectivity index (χ4n) is 6.27. The summed E-state index contributed by atoms with van der Waals surface area (Å²) in [5.41, 5.74) is 4.79. The normalized spacial score (nSPS) is 20.6. The maximum Gasteiger partial charge on any atom is 0.255 e. The van der Waals surface area contributed by atoms with Crippen LogP contribution >= 0.6 is 0 Å². The van der Waals surface area contributed by atoms with Gasteiger partial charge in [0.2, 0.25) is 5.91 Å². The van der Waals surface area contributed by atoms with Crippen LogP contribution in [0.3, 0.4) is 0 Å². The second kappa shape index (κ2) is 9.73. The molecule has 0 radical (unpaired) electrons. The van der Waals surface area contributed by atoms with Crippen molar-refractivity contribution in [1.82, 2.24) is 14.8 Å². The Labute approximate surface area is 234 Å². The number of nitrogens with one attached hydrogen (secondary N) is 1. The summed E-state index contributed by atoms with van der Waals surface area (Å²) in [5, 5.41) is 1.06. The van der Waals surface area contributed by atoms with Crippen molar-refractivity contribution in [3.63, 3.8) is 0 Å². The van der Waals surface area contributed by atoms with Crippen LogP contribution in [0.25, 0.3) is 10.9 Å². The third-order valence-corrected chi connectivity index (χ3v) is 8.26. The van der Waals surface area contributed by atoms with Gasteiger partial charge in [-0.05, 0) is 62.6 Å². The van der Waals surface area contributed by atoms with Crippen LogP contribution in [-0.4, -0.2) is 52.9 Å². The summed E-state index contributed by atoms with van der Waals surface area (Å²) in [5.74, 6) is 1.04. The van der Waals surface area contributed by atoms with Crippen LogP contribution in [0.4, 0.5) is 0 Å². The molecule has 1 fully saturated rings. The third-order valence-electron chi connectivity index (χ3n) is 8.26. The van der Waals surface area contributed by atoms with Gasteiger partial charge in [-0.3, -0.25) is 9.59 Å². The number of piperazine rings is 1. The van der Waals surface area contributed by atoms with E-state index in [1.165, 1.54) is 0 Å². The topological polar surface area (TPSA) is 74.9 Å². The lowest BCUT2D eigenvalue weighted by atomic mass is 9.76. The average Bonchev–Trinajstić information content (AvgIpc) is 3.34. The molecule has 2 aliphatic rings. The van der Waals surface area contributed by atoms with Crippen LogP contribution < -0.4 is 9.47 Å². The van der Waals surface area contributed by atoms with Crippen LogP contribution in [0.2, 0.25) is 0 Å². The van der Waals surface area contributed by atoms with Crippen molar-refractivity contribution in [2.45, 2.75) is 51.8 Å². The van der Waals surface area contributed by atoms with Crippen LogP contribution in [0.1, 0.15) is 54.6 Å². The Kier molecular flexibility index (Phi) is 6.32. The van der Waals surface area contributed by atoms with E-state index in [2.05, 4.69) is 11.1 Å². The molecule has 0 spiro atoms. The highest BCUT2D eigenvalue weighted by molar-refractivity contribution is 6.01. The van der Waals surface area contributed by atoms with Gasteiger partial charge in [0.05, 0.1) is 18.9 Å². The number of aromatic nitrogens is 1. The fourth-order valence-corrected chi connectivity index (χ4v) is 6.27. The minimum atomic E-state index is -1.14. The molecule has 2 aliphatic heterocycles. The Morgan fingerprint density at radius 3 is 2.50 bits per heavy atom. The predicted molar refractivity (Wildman–Crippen MR) is 155 cm³/mol. The van der Waals surface area contributed by atoms with Gasteiger partial charge in [0.1, 0.15) is 6.54 Å². The van der Waals surface area contributed by atoms with Gasteiger partial charge in [-0.25, -0.2) is 0 Å². The second-order valence-electron chi connectivity index (χ2n) is 11.3. The number of nitrogens with zero attached hydrogens (tertiary/aromatic N) is 2. The van der Waals surface area contributed by atoms with Crippen LogP contribution in [0.15, 0.2) is 66.7 Å². The summed E-state index contributed by atoms with van der Waals surface area (Å²) in [6.07, 6.45) is 0.00944. The van der Waals surface area contributed by atoms with Gasteiger partial charge in [0, 0.05) is 29.9 Å². The Bertz CT molecular complexity index is 1610. The number of methoxy groups -OCH3 is 1. The molecule has 40 heavy (non-hydrogen) atoms. The number of aromatic amines is 1. The molecule has 206 valence electrons. The van der Waals surface area contributed by atoms with Crippen molar-refractivity contribution in [3.05, 3.63) is 94.7 Å². The maximum atomic E-state index is 14.3. The summed E-state index contributed by atoms with van der Waals surface area (Å²) in [7, 11) is 1.64. The number of aryl methyl sites for hydroxylation is 1. The van der Waals surface area contributed by atoms with E-state index in [1.807, 2.05) is 88.4 Å². The van der Waals surface area contributed by atoms with Crippen LogP contribution in [0.5, 0.6) is 11.5 Å². The first kappa shape index (κ1) is 26.0. The van der Waals surface area contributed by atoms with Gasteiger partial charge in [-0.1, -0.05) is 54.1 Å². The number of fused-ring (bicyclic) bond motifs is 5. The molecule has 3 heterocycles. The first-order chi connectivity index (χ1) is 19.2. The highest BCUT2D eigenvalue weighted by Gasteiger charge is 2.56. The molecule has 0 bridgehead atoms. The van der Waals surface area contributed by atoms with E-state index in [4.69, 9.17) is 9.47 Å². The van der Waals surface area contributed by atoms with Crippen molar-refractivity contribution in [2.24, 2.45) is 0 Å². The Morgan fingerprint density at radius 2 is 1.77 bits per heavy atom. The zero-order valence-corrected chi connectivity index (χ0v) is 23.7. The van der Waals surface area contributed by atoms with E-state index in [1.54, 1.807) is 16.9 Å². The molecule has 7 heteroatoms. The lowest BCUT2D eigenvalue weighted by molar-refractivity contribution is -0.166. The van der Waals surface area contributed by atoms with E-state index in [0.717, 1.165) is 38.9 Å². The van der Waals surface area contributed by atoms with Gasteiger partial charge in [-0.2, -0.15) is 0 Å². The predicted octanol–water partition coefficient (Wildman–Crippen LogP) is 5.50. The number of ether oxygens (including phenoxy) is 2. The minimum Gasteiger partial charge on any atom is -0.493 e. The highest BCUT2D eigenvalue weighted by atomic mass is 16.5. The lowest BCUT2D eigenvalue weighted by Gasteiger charge is -2.51. The molecule has 1 saturated heterocycles. The monoisotopic (exact) mass is 537 g/mol. The third kappa shape index (κ3) is 4.12. The zero-order chi connectivity index (χ0) is 28.2. The van der Waals surface area contributed by atoms with Crippen LogP contribution in [0, 0.1) is 6.92 Å². The summed E-state index contributed by atoms with van der Waals surface area (Å²) in [6, 6.07) is 22.2. The molecule has 1 N–H and O–H groups in total. The first-order valence-electron chi connectivity index (χ1n) is 13.8. The number of rotatable bonds is 6. The van der Waals surface area contributed by atoms with E-state index >= 15 is 0 Å². The average molecular weight is 538 g/mol. The number of benzene rings is 3. The van der Waals surface area contributed by atoms with Gasteiger partial charge in [0.15, 0.2) is 17.0 Å². The molecule has 6 rings (SSSR count). The van der Waals surface area contributed by atoms with Gasteiger partial charge in [-0.15, -0.1) is 0 Å². The number of para-hydroxylation sites is 1. The van der Waals surface area contributed by atoms with E-state index in [-0.39, 0.29) is 30.4 Å². The van der Waals surface area contributed by atoms with Crippen molar-refractivity contribution >= 4 is 22.7 Å². The Hall–Kier alpha value is -4.26. The number of amides is 2. The first-order valence-corrected chi connectivity index (χ1v) is 13.8. The molecule has 2 amide bonds. The molecule has 3 aromatic carbocycles. The Balaban J connectivity index is 1.47. The number of hydrogen-bond acceptors (Lipinski definition) is 4. The number of carbonyl (C=O) groups is 2.